The zero-order valence-corrected chi connectivity index (χ0v) is 53.8. The Hall–Kier alpha value is -8.10. The Morgan fingerprint density at radius 3 is 1.68 bits per heavy atom. The number of rotatable bonds is 34. The molecule has 0 unspecified atom stereocenters. The number of aromatic nitrogens is 3. The highest BCUT2D eigenvalue weighted by atomic mass is 32.3. The number of carboxylic acid groups (broad SMARTS) is 4. The van der Waals surface area contributed by atoms with Crippen LogP contribution in [0.2, 0.25) is 0 Å². The van der Waals surface area contributed by atoms with Crippen LogP contribution in [0.15, 0.2) is 58.6 Å². The van der Waals surface area contributed by atoms with Gasteiger partial charge in [0.1, 0.15) is 29.4 Å². The molecule has 1 aliphatic rings. The summed E-state index contributed by atoms with van der Waals surface area (Å²) >= 11 is 0. The Balaban J connectivity index is 1.10. The third-order valence-corrected chi connectivity index (χ3v) is 17.6. The van der Waals surface area contributed by atoms with Gasteiger partial charge in [-0.2, -0.15) is 4.72 Å². The van der Waals surface area contributed by atoms with Gasteiger partial charge in [-0.1, -0.05) is 6.07 Å². The van der Waals surface area contributed by atoms with Gasteiger partial charge in [0.2, 0.25) is 39.1 Å². The monoisotopic (exact) mass is 1390 g/mol. The molecule has 4 aromatic rings. The molecule has 5 amide bonds. The second-order valence-corrected chi connectivity index (χ2v) is 26.7. The number of nitrogens with one attached hydrogen (secondary N) is 8. The molecule has 5 rings (SSSR count). The first-order chi connectivity index (χ1) is 44.1. The summed E-state index contributed by atoms with van der Waals surface area (Å²) < 4.78 is 96.4. The van der Waals surface area contributed by atoms with Crippen LogP contribution in [0.3, 0.4) is 0 Å². The van der Waals surface area contributed by atoms with Gasteiger partial charge in [-0.3, -0.25) is 67.5 Å². The second kappa shape index (κ2) is 35.4. The van der Waals surface area contributed by atoms with Gasteiger partial charge in [-0.05, 0) is 61.2 Å². The van der Waals surface area contributed by atoms with Gasteiger partial charge in [-0.25, -0.2) is 13.4 Å². The Kier molecular flexibility index (Phi) is 28.9. The molecule has 40 heteroatoms. The van der Waals surface area contributed by atoms with E-state index in [9.17, 15) is 104 Å². The Labute approximate surface area is 541 Å². The smallest absolute Gasteiger partial charge is 0.323 e. The summed E-state index contributed by atoms with van der Waals surface area (Å²) in [4.78, 5) is 140. The van der Waals surface area contributed by atoms with E-state index in [1.54, 1.807) is 42.2 Å². The first-order valence-corrected chi connectivity index (χ1v) is 33.7. The Morgan fingerprint density at radius 1 is 0.660 bits per heavy atom. The number of hydrogen-bond donors (Lipinski definition) is 18. The van der Waals surface area contributed by atoms with E-state index in [0.29, 0.717) is 18.0 Å². The van der Waals surface area contributed by atoms with E-state index in [-0.39, 0.29) is 118 Å². The van der Waals surface area contributed by atoms with Crippen LogP contribution in [0.1, 0.15) is 39.9 Å². The zero-order valence-electron chi connectivity index (χ0n) is 51.4. The van der Waals surface area contributed by atoms with Crippen molar-refractivity contribution in [3.05, 3.63) is 81.4 Å². The summed E-state index contributed by atoms with van der Waals surface area (Å²) in [5.74, 6) is -12.0. The van der Waals surface area contributed by atoms with Crippen molar-refractivity contribution in [1.82, 2.24) is 65.4 Å². The summed E-state index contributed by atoms with van der Waals surface area (Å²) in [7, 11) is -12.1. The van der Waals surface area contributed by atoms with Crippen molar-refractivity contribution < 1.29 is 104 Å². The maximum absolute atomic E-state index is 13.7. The number of nitrogens with zero attached hydrogens (tertiary/aromatic N) is 6. The van der Waals surface area contributed by atoms with Crippen molar-refractivity contribution >= 4 is 102 Å². The molecule has 0 spiro atoms. The van der Waals surface area contributed by atoms with Gasteiger partial charge in [-0.15, -0.1) is 0 Å². The van der Waals surface area contributed by atoms with Crippen molar-refractivity contribution in [3.63, 3.8) is 0 Å². The summed E-state index contributed by atoms with van der Waals surface area (Å²) in [6.07, 6.45) is 4.48. The highest BCUT2D eigenvalue weighted by Crippen LogP contribution is 2.35. The number of carbonyl (C=O) groups is 9. The van der Waals surface area contributed by atoms with Gasteiger partial charge in [0.25, 0.3) is 5.91 Å². The number of anilines is 1. The number of amides is 5. The largest absolute Gasteiger partial charge is 0.494 e. The lowest BCUT2D eigenvalue weighted by Gasteiger charge is -2.33. The van der Waals surface area contributed by atoms with Crippen molar-refractivity contribution in [2.45, 2.75) is 56.3 Å². The van der Waals surface area contributed by atoms with Crippen molar-refractivity contribution in [2.24, 2.45) is 7.05 Å². The lowest BCUT2D eigenvalue weighted by atomic mass is 10.1. The fourth-order valence-electron chi connectivity index (χ4n) is 9.82. The summed E-state index contributed by atoms with van der Waals surface area (Å²) in [6, 6.07) is 1.79. The quantitative estimate of drug-likeness (QED) is 0.0224. The summed E-state index contributed by atoms with van der Waals surface area (Å²) in [5, 5.41) is 53.3. The van der Waals surface area contributed by atoms with Gasteiger partial charge in [0.05, 0.1) is 76.4 Å². The fourth-order valence-corrected chi connectivity index (χ4v) is 12.8. The van der Waals surface area contributed by atoms with E-state index in [4.69, 9.17) is 4.74 Å². The Morgan fingerprint density at radius 2 is 1.18 bits per heavy atom. The predicted octanol–water partition coefficient (Wildman–Crippen LogP) is -2.06. The minimum atomic E-state index is -4.60. The van der Waals surface area contributed by atoms with Crippen LogP contribution < -0.4 is 46.8 Å². The van der Waals surface area contributed by atoms with Crippen molar-refractivity contribution in [1.29, 1.82) is 0 Å². The molecule has 0 bridgehead atoms. The van der Waals surface area contributed by atoms with Gasteiger partial charge in [0, 0.05) is 116 Å². The van der Waals surface area contributed by atoms with E-state index >= 15 is 0 Å². The van der Waals surface area contributed by atoms with Crippen LogP contribution in [0.25, 0.3) is 10.9 Å². The Bertz CT molecular complexity index is 3460. The molecule has 94 heavy (non-hydrogen) atoms. The highest BCUT2D eigenvalue weighted by Gasteiger charge is 2.35. The lowest BCUT2D eigenvalue weighted by molar-refractivity contribution is -0.140. The van der Waals surface area contributed by atoms with Gasteiger partial charge < -0.3 is 93.9 Å². The summed E-state index contributed by atoms with van der Waals surface area (Å²) in [5.41, 5.74) is 0.643. The number of H-pyrrole nitrogens is 1. The van der Waals surface area contributed by atoms with Crippen molar-refractivity contribution in [3.8, 4) is 5.75 Å². The van der Waals surface area contributed by atoms with E-state index in [1.807, 2.05) is 0 Å². The average molecular weight is 1390 g/mol. The number of benzene rings is 2. The molecule has 18 N–H and O–H groups in total. The molecule has 0 radical (unpaired) electrons. The molecule has 522 valence electrons. The van der Waals surface area contributed by atoms with Gasteiger partial charge in [0.15, 0.2) is 5.95 Å². The maximum atomic E-state index is 13.7. The highest BCUT2D eigenvalue weighted by molar-refractivity contribution is 8.19. The molecule has 0 aliphatic carbocycles. The first kappa shape index (κ1) is 76.6. The molecule has 3 atom stereocenters. The zero-order chi connectivity index (χ0) is 69.7. The van der Waals surface area contributed by atoms with Crippen LogP contribution in [0.5, 0.6) is 5.75 Å². The molecule has 3 heterocycles. The number of pyridine rings is 1. The fraction of sp³-hybridized carbons (Fsp3) is 0.500. The second-order valence-electron chi connectivity index (χ2n) is 21.9. The number of hydrogen-bond acceptors (Lipinski definition) is 25. The third kappa shape index (κ3) is 26.0. The first-order valence-electron chi connectivity index (χ1n) is 28.8. The molecular weight excluding hydrogens is 1310 g/mol. The van der Waals surface area contributed by atoms with Crippen LogP contribution in [0, 0.1) is 13.8 Å². The van der Waals surface area contributed by atoms with Crippen LogP contribution >= 0.6 is 21.7 Å². The van der Waals surface area contributed by atoms with E-state index < -0.39 is 153 Å². The van der Waals surface area contributed by atoms with Crippen LogP contribution in [0.4, 0.5) is 5.95 Å². The molecule has 2 aromatic heterocycles. The van der Waals surface area contributed by atoms with E-state index in [0.717, 1.165) is 5.56 Å². The number of ether oxygens (including phenoxy) is 1. The molecule has 37 nitrogen and oxygen atoms in total. The van der Waals surface area contributed by atoms with Crippen LogP contribution in [-0.4, -0.2) is 278 Å². The number of sulfonamides is 1. The third-order valence-electron chi connectivity index (χ3n) is 14.2. The van der Waals surface area contributed by atoms with E-state index in [1.165, 1.54) is 51.8 Å². The maximum Gasteiger partial charge on any atom is 0.323 e. The minimum absolute atomic E-state index is 0.00714. The molecule has 1 saturated heterocycles. The topological polar surface area (TPSA) is 547 Å². The number of aryl methyl sites for hydroxylation is 3. The molecule has 2 aromatic carbocycles. The number of imidazole rings is 1. The lowest BCUT2D eigenvalue weighted by Crippen LogP contribution is -2.58. The molecular formula is C54H80N14O23S3. The minimum Gasteiger partial charge on any atom is -0.494 e. The summed E-state index contributed by atoms with van der Waals surface area (Å²) in [6.45, 7) is 0.0441. The standard InChI is InChI=1S/C54H80N14O23S3/c1-33-21-36(22-34(2)49(33)94(89,90)63-39(53(81)82)25-59-50(78)38-26-64(3)42-23-35(6-7-37(42)48(38)77)24-60-54-57-10-11-58-54)91-20-4-5-43(69)55-8-9-56-51(79)40(31-92(83,84)85)62-52(80)41(32-93(86,87)88)61-44(70)27-65-12-14-66(28-45(71)72)16-18-68(30-47(75)76)19-17-67(15-13-65)29-46(73)74/h6-7,10-11,21-23,26,39-41,63,83-88H,4-5,8-9,12-20,24-25,27-32H2,1-3H3,(H,55,69)(H,56,79)(H,59,78)(H,61,70)(H,62,80)(H,71,72)(H,73,74)(H,75,76)(H,81,82)(H2,57,58,60)/t39-,40-,41-/m0/s1. The number of fused-ring (bicyclic) bond motifs is 1. The molecule has 1 fully saturated rings. The van der Waals surface area contributed by atoms with E-state index in [2.05, 4.69) is 46.6 Å². The van der Waals surface area contributed by atoms with Gasteiger partial charge >= 0.3 is 23.9 Å². The number of aliphatic carboxylic acids is 4. The normalized spacial score (nSPS) is 15.6. The van der Waals surface area contributed by atoms with Crippen molar-refractivity contribution in [2.75, 3.05) is 122 Å². The van der Waals surface area contributed by atoms with Crippen LogP contribution in [-0.2, 0) is 62.0 Å². The number of carboxylic acids is 4. The predicted molar refractivity (Wildman–Crippen MR) is 339 cm³/mol. The number of aromatic amines is 1. The SMILES string of the molecule is Cc1cc(OCCCC(=O)NCCNC(=O)[C@H](CS(O)(O)O)NC(=O)[C@H](CS(O)(O)O)NC(=O)CN2CCN(CC(=O)O)CCN(CC(=O)O)CCN(CC(=O)O)CC2)cc(C)c1S(=O)(=O)N[C@@H](CNC(=O)c1cn(C)c2cc(CNc3ncc[nH]3)ccc2c1=O)C(=O)O. The number of carbonyl (C=O) groups excluding carboxylic acids is 5. The average Bonchev–Trinajstić information content (AvgIpc) is 0.830. The molecule has 0 saturated carbocycles. The molecule has 1 aliphatic heterocycles.